The van der Waals surface area contributed by atoms with Gasteiger partial charge >= 0.3 is 0 Å². The van der Waals surface area contributed by atoms with E-state index in [0.717, 1.165) is 11.1 Å². The van der Waals surface area contributed by atoms with E-state index in [1.54, 1.807) is 18.3 Å². The average molecular weight is 275 g/mol. The molecule has 4 heteroatoms. The van der Waals surface area contributed by atoms with Gasteiger partial charge in [0.25, 0.3) is 0 Å². The van der Waals surface area contributed by atoms with Crippen LogP contribution in [0.1, 0.15) is 27.2 Å². The second-order valence-corrected chi connectivity index (χ2v) is 4.84. The largest absolute Gasteiger partial charge is 0.325 e. The number of Topliss-reactive ketones (excluding diaryl/α,β-unsaturated/α-hetero) is 1. The SMILES string of the molecule is Cc1ccc(CC(=O)c2ccnc(CN)c2)c(Cl)c1. The number of nitrogens with two attached hydrogens (primary N) is 1. The normalized spacial score (nSPS) is 10.5. The molecular formula is C15H15ClN2O. The van der Waals surface area contributed by atoms with Crippen LogP contribution in [0.4, 0.5) is 0 Å². The maximum absolute atomic E-state index is 12.2. The van der Waals surface area contributed by atoms with Crippen molar-refractivity contribution in [3.8, 4) is 0 Å². The van der Waals surface area contributed by atoms with Gasteiger partial charge in [0.05, 0.1) is 5.69 Å². The Morgan fingerprint density at radius 2 is 2.11 bits per heavy atom. The summed E-state index contributed by atoms with van der Waals surface area (Å²) < 4.78 is 0. The van der Waals surface area contributed by atoms with Crippen LogP contribution in [-0.4, -0.2) is 10.8 Å². The maximum atomic E-state index is 12.2. The highest BCUT2D eigenvalue weighted by Gasteiger charge is 2.10. The van der Waals surface area contributed by atoms with Gasteiger partial charge in [-0.3, -0.25) is 9.78 Å². The summed E-state index contributed by atoms with van der Waals surface area (Å²) in [4.78, 5) is 16.3. The fourth-order valence-corrected chi connectivity index (χ4v) is 2.14. The molecule has 2 N–H and O–H groups in total. The first-order valence-corrected chi connectivity index (χ1v) is 6.41. The highest BCUT2D eigenvalue weighted by molar-refractivity contribution is 6.31. The zero-order chi connectivity index (χ0) is 13.8. The van der Waals surface area contributed by atoms with Crippen LogP contribution >= 0.6 is 11.6 Å². The molecule has 19 heavy (non-hydrogen) atoms. The minimum absolute atomic E-state index is 0.0165. The number of hydrogen-bond donors (Lipinski definition) is 1. The molecule has 0 saturated carbocycles. The molecule has 0 aliphatic rings. The molecule has 2 aromatic rings. The Bertz CT molecular complexity index is 611. The standard InChI is InChI=1S/C15H15ClN2O/c1-10-2-3-11(14(16)6-10)8-15(19)12-4-5-18-13(7-12)9-17/h2-7H,8-9,17H2,1H3. The quantitative estimate of drug-likeness (QED) is 0.872. The van der Waals surface area contributed by atoms with Gasteiger partial charge in [-0.05, 0) is 36.2 Å². The van der Waals surface area contributed by atoms with Crippen LogP contribution in [0.3, 0.4) is 0 Å². The van der Waals surface area contributed by atoms with E-state index < -0.39 is 0 Å². The summed E-state index contributed by atoms with van der Waals surface area (Å²) in [5, 5.41) is 0.626. The van der Waals surface area contributed by atoms with E-state index in [1.165, 1.54) is 0 Å². The number of benzene rings is 1. The van der Waals surface area contributed by atoms with Crippen LogP contribution in [0.5, 0.6) is 0 Å². The van der Waals surface area contributed by atoms with E-state index >= 15 is 0 Å². The van der Waals surface area contributed by atoms with Crippen LogP contribution < -0.4 is 5.73 Å². The molecule has 1 aromatic heterocycles. The minimum Gasteiger partial charge on any atom is -0.325 e. The number of hydrogen-bond acceptors (Lipinski definition) is 3. The lowest BCUT2D eigenvalue weighted by atomic mass is 10.0. The third-order valence-corrected chi connectivity index (χ3v) is 3.26. The van der Waals surface area contributed by atoms with Gasteiger partial charge in [-0.1, -0.05) is 23.7 Å². The molecule has 98 valence electrons. The summed E-state index contributed by atoms with van der Waals surface area (Å²) in [7, 11) is 0. The molecule has 0 fully saturated rings. The van der Waals surface area contributed by atoms with E-state index in [9.17, 15) is 4.79 Å². The molecule has 0 aliphatic carbocycles. The molecular weight excluding hydrogens is 260 g/mol. The number of rotatable bonds is 4. The molecule has 0 amide bonds. The average Bonchev–Trinajstić information content (AvgIpc) is 2.42. The highest BCUT2D eigenvalue weighted by Crippen LogP contribution is 2.19. The van der Waals surface area contributed by atoms with Crippen LogP contribution in [0, 0.1) is 6.92 Å². The Morgan fingerprint density at radius 3 is 2.79 bits per heavy atom. The van der Waals surface area contributed by atoms with Crippen LogP contribution in [0.25, 0.3) is 0 Å². The first-order chi connectivity index (χ1) is 9.10. The topological polar surface area (TPSA) is 56.0 Å². The van der Waals surface area contributed by atoms with Gasteiger partial charge in [0.2, 0.25) is 0 Å². The van der Waals surface area contributed by atoms with Crippen molar-refractivity contribution < 1.29 is 4.79 Å². The number of halogens is 1. The Kier molecular flexibility index (Phi) is 4.30. The number of nitrogens with zero attached hydrogens (tertiary/aromatic N) is 1. The second-order valence-electron chi connectivity index (χ2n) is 4.43. The molecule has 0 spiro atoms. The highest BCUT2D eigenvalue weighted by atomic mass is 35.5. The fourth-order valence-electron chi connectivity index (χ4n) is 1.83. The van der Waals surface area contributed by atoms with Crippen LogP contribution in [0.15, 0.2) is 36.5 Å². The lowest BCUT2D eigenvalue weighted by molar-refractivity contribution is 0.0992. The van der Waals surface area contributed by atoms with E-state index in [2.05, 4.69) is 4.98 Å². The lowest BCUT2D eigenvalue weighted by Crippen LogP contribution is -2.07. The number of aromatic nitrogens is 1. The van der Waals surface area contributed by atoms with Gasteiger partial charge < -0.3 is 5.73 Å². The van der Waals surface area contributed by atoms with Crippen molar-refractivity contribution in [2.75, 3.05) is 0 Å². The van der Waals surface area contributed by atoms with Gasteiger partial charge in [0.15, 0.2) is 5.78 Å². The van der Waals surface area contributed by atoms with E-state index in [1.807, 2.05) is 25.1 Å². The predicted molar refractivity (Wildman–Crippen MR) is 76.4 cm³/mol. The summed E-state index contributed by atoms with van der Waals surface area (Å²) in [6.45, 7) is 2.29. The molecule has 0 unspecified atom stereocenters. The summed E-state index contributed by atoms with van der Waals surface area (Å²) in [6, 6.07) is 9.13. The van der Waals surface area contributed by atoms with Crippen molar-refractivity contribution in [3.63, 3.8) is 0 Å². The van der Waals surface area contributed by atoms with Crippen molar-refractivity contribution in [2.24, 2.45) is 5.73 Å². The first kappa shape index (κ1) is 13.7. The molecule has 1 aromatic carbocycles. The smallest absolute Gasteiger partial charge is 0.167 e. The maximum Gasteiger partial charge on any atom is 0.167 e. The Hall–Kier alpha value is -1.71. The zero-order valence-electron chi connectivity index (χ0n) is 10.7. The monoisotopic (exact) mass is 274 g/mol. The molecule has 3 nitrogen and oxygen atoms in total. The number of ketones is 1. The van der Waals surface area contributed by atoms with Crippen molar-refractivity contribution >= 4 is 17.4 Å². The van der Waals surface area contributed by atoms with Crippen LogP contribution in [-0.2, 0) is 13.0 Å². The van der Waals surface area contributed by atoms with Gasteiger partial charge in [0.1, 0.15) is 0 Å². The third kappa shape index (κ3) is 3.40. The molecule has 1 heterocycles. The first-order valence-electron chi connectivity index (χ1n) is 6.03. The van der Waals surface area contributed by atoms with Crippen molar-refractivity contribution in [1.82, 2.24) is 4.98 Å². The predicted octanol–water partition coefficient (Wildman–Crippen LogP) is 2.93. The number of pyridine rings is 1. The fraction of sp³-hybridized carbons (Fsp3) is 0.200. The molecule has 0 aliphatic heterocycles. The van der Waals surface area contributed by atoms with E-state index in [4.69, 9.17) is 17.3 Å². The summed E-state index contributed by atoms with van der Waals surface area (Å²) in [6.07, 6.45) is 1.89. The van der Waals surface area contributed by atoms with E-state index in [0.29, 0.717) is 22.8 Å². The Labute approximate surface area is 117 Å². The molecule has 0 bridgehead atoms. The van der Waals surface area contributed by atoms with Gasteiger partial charge in [-0.25, -0.2) is 0 Å². The Morgan fingerprint density at radius 1 is 1.32 bits per heavy atom. The Balaban J connectivity index is 2.20. The number of aryl methyl sites for hydroxylation is 1. The lowest BCUT2D eigenvalue weighted by Gasteiger charge is -2.06. The minimum atomic E-state index is 0.0165. The van der Waals surface area contributed by atoms with Crippen molar-refractivity contribution in [1.29, 1.82) is 0 Å². The molecule has 2 rings (SSSR count). The summed E-state index contributed by atoms with van der Waals surface area (Å²) in [5.74, 6) is 0.0165. The van der Waals surface area contributed by atoms with Crippen LogP contribution in [0.2, 0.25) is 5.02 Å². The van der Waals surface area contributed by atoms with Gasteiger partial charge in [0, 0.05) is 29.7 Å². The zero-order valence-corrected chi connectivity index (χ0v) is 11.4. The summed E-state index contributed by atoms with van der Waals surface area (Å²) in [5.41, 5.74) is 8.76. The van der Waals surface area contributed by atoms with Gasteiger partial charge in [-0.15, -0.1) is 0 Å². The molecule has 0 atom stereocenters. The van der Waals surface area contributed by atoms with E-state index in [-0.39, 0.29) is 12.2 Å². The van der Waals surface area contributed by atoms with Gasteiger partial charge in [-0.2, -0.15) is 0 Å². The van der Waals surface area contributed by atoms with Crippen molar-refractivity contribution in [3.05, 3.63) is 63.9 Å². The summed E-state index contributed by atoms with van der Waals surface area (Å²) >= 11 is 6.14. The number of carbonyl (C=O) groups is 1. The number of carbonyl (C=O) groups excluding carboxylic acids is 1. The molecule has 0 radical (unpaired) electrons. The van der Waals surface area contributed by atoms with Crippen molar-refractivity contribution in [2.45, 2.75) is 19.9 Å². The third-order valence-electron chi connectivity index (χ3n) is 2.91. The molecule has 0 saturated heterocycles. The second kappa shape index (κ2) is 5.95.